The van der Waals surface area contributed by atoms with Gasteiger partial charge in [0, 0.05) is 28.7 Å². The summed E-state index contributed by atoms with van der Waals surface area (Å²) in [4.78, 5) is 2.14. The number of hydrogen-bond acceptors (Lipinski definition) is 4. The predicted octanol–water partition coefficient (Wildman–Crippen LogP) is 4.86. The van der Waals surface area contributed by atoms with E-state index >= 15 is 0 Å². The Bertz CT molecular complexity index is 769. The monoisotopic (exact) mass is 390 g/mol. The van der Waals surface area contributed by atoms with Gasteiger partial charge in [0.25, 0.3) is 0 Å². The van der Waals surface area contributed by atoms with Crippen LogP contribution in [0.5, 0.6) is 5.75 Å². The highest BCUT2D eigenvalue weighted by molar-refractivity contribution is 6.35. The molecule has 0 amide bonds. The van der Waals surface area contributed by atoms with Gasteiger partial charge in [0.1, 0.15) is 12.4 Å². The minimum atomic E-state index is -0.107. The smallest absolute Gasteiger partial charge is 0.119 e. The topological polar surface area (TPSA) is 45.5 Å². The molecule has 3 rings (SSSR count). The number of hydrogen-bond donors (Lipinski definition) is 0. The predicted molar refractivity (Wildman–Crippen MR) is 103 cm³/mol. The van der Waals surface area contributed by atoms with Gasteiger partial charge in [-0.1, -0.05) is 41.4 Å². The van der Waals surface area contributed by atoms with Crippen LogP contribution in [0.25, 0.3) is 0 Å². The Morgan fingerprint density at radius 2 is 1.92 bits per heavy atom. The number of nitriles is 1. The summed E-state index contributed by atoms with van der Waals surface area (Å²) in [5.41, 5.74) is 1.85. The van der Waals surface area contributed by atoms with Crippen molar-refractivity contribution in [3.05, 3.63) is 63.6 Å². The maximum atomic E-state index is 9.10. The molecule has 0 aliphatic carbocycles. The van der Waals surface area contributed by atoms with Crippen molar-refractivity contribution >= 4 is 23.2 Å². The summed E-state index contributed by atoms with van der Waals surface area (Å²) in [6.45, 7) is 4.35. The van der Waals surface area contributed by atoms with Gasteiger partial charge in [-0.2, -0.15) is 5.26 Å². The molecule has 1 aliphatic rings. The van der Waals surface area contributed by atoms with Crippen LogP contribution in [0, 0.1) is 11.3 Å². The molecule has 0 spiro atoms. The van der Waals surface area contributed by atoms with Crippen LogP contribution in [-0.2, 0) is 11.3 Å². The van der Waals surface area contributed by atoms with Gasteiger partial charge in [0.15, 0.2) is 0 Å². The highest BCUT2D eigenvalue weighted by atomic mass is 35.5. The zero-order valence-corrected chi connectivity index (χ0v) is 16.0. The van der Waals surface area contributed by atoms with Crippen molar-refractivity contribution in [1.29, 1.82) is 5.26 Å². The van der Waals surface area contributed by atoms with E-state index in [0.29, 0.717) is 29.8 Å². The van der Waals surface area contributed by atoms with Crippen molar-refractivity contribution in [3.63, 3.8) is 0 Å². The van der Waals surface area contributed by atoms with E-state index < -0.39 is 0 Å². The Labute approximate surface area is 163 Å². The van der Waals surface area contributed by atoms with Crippen LogP contribution in [0.2, 0.25) is 10.0 Å². The van der Waals surface area contributed by atoms with Crippen molar-refractivity contribution in [1.82, 2.24) is 4.90 Å². The average molecular weight is 391 g/mol. The second-order valence-corrected chi connectivity index (χ2v) is 7.03. The van der Waals surface area contributed by atoms with Crippen molar-refractivity contribution in [2.75, 3.05) is 19.7 Å². The number of benzene rings is 2. The summed E-state index contributed by atoms with van der Waals surface area (Å²) >= 11 is 12.3. The first kappa shape index (κ1) is 19.0. The zero-order valence-electron chi connectivity index (χ0n) is 14.5. The standard InChI is InChI=1S/C20H20Cl2N2O2/c1-14(11-23)24-9-10-25-20(12-24)15-5-7-16(8-6-15)26-13-17-18(21)3-2-4-19(17)22/h2-8,14,20H,9-10,12-13H2,1H3. The molecule has 136 valence electrons. The minimum absolute atomic E-state index is 0.0355. The lowest BCUT2D eigenvalue weighted by Crippen LogP contribution is -2.42. The molecule has 2 unspecified atom stereocenters. The lowest BCUT2D eigenvalue weighted by molar-refractivity contribution is -0.0358. The van der Waals surface area contributed by atoms with Gasteiger partial charge in [0.05, 0.1) is 24.8 Å². The summed E-state index contributed by atoms with van der Waals surface area (Å²) in [5.74, 6) is 0.739. The van der Waals surface area contributed by atoms with Crippen molar-refractivity contribution in [2.45, 2.75) is 25.7 Å². The molecule has 0 aromatic heterocycles. The molecule has 1 fully saturated rings. The maximum absolute atomic E-state index is 9.10. The summed E-state index contributed by atoms with van der Waals surface area (Å²) in [6, 6.07) is 15.4. The molecular weight excluding hydrogens is 371 g/mol. The molecule has 1 heterocycles. The first-order valence-corrected chi connectivity index (χ1v) is 9.25. The molecular formula is C20H20Cl2N2O2. The average Bonchev–Trinajstić information content (AvgIpc) is 2.67. The van der Waals surface area contributed by atoms with E-state index in [1.165, 1.54) is 0 Å². The van der Waals surface area contributed by atoms with Gasteiger partial charge < -0.3 is 9.47 Å². The van der Waals surface area contributed by atoms with E-state index in [1.54, 1.807) is 12.1 Å². The van der Waals surface area contributed by atoms with Crippen LogP contribution in [0.15, 0.2) is 42.5 Å². The SMILES string of the molecule is CC(C#N)N1CCOC(c2ccc(OCc3c(Cl)cccc3Cl)cc2)C1. The molecule has 4 nitrogen and oxygen atoms in total. The summed E-state index contributed by atoms with van der Waals surface area (Å²) in [5, 5.41) is 10.3. The van der Waals surface area contributed by atoms with Crippen molar-refractivity contribution in [2.24, 2.45) is 0 Å². The van der Waals surface area contributed by atoms with Crippen LogP contribution in [0.1, 0.15) is 24.2 Å². The van der Waals surface area contributed by atoms with Crippen LogP contribution >= 0.6 is 23.2 Å². The Kier molecular flexibility index (Phi) is 6.39. The molecule has 2 atom stereocenters. The first-order chi connectivity index (χ1) is 12.6. The molecule has 26 heavy (non-hydrogen) atoms. The van der Waals surface area contributed by atoms with Gasteiger partial charge in [0.2, 0.25) is 0 Å². The van der Waals surface area contributed by atoms with Crippen molar-refractivity contribution in [3.8, 4) is 11.8 Å². The van der Waals surface area contributed by atoms with Gasteiger partial charge in [-0.3, -0.25) is 4.90 Å². The molecule has 2 aromatic carbocycles. The molecule has 1 saturated heterocycles. The fourth-order valence-corrected chi connectivity index (χ4v) is 3.42. The third-order valence-electron chi connectivity index (χ3n) is 4.53. The van der Waals surface area contributed by atoms with E-state index in [0.717, 1.165) is 23.4 Å². The lowest BCUT2D eigenvalue weighted by Gasteiger charge is -2.34. The second kappa shape index (κ2) is 8.75. The van der Waals surface area contributed by atoms with Gasteiger partial charge in [-0.05, 0) is 36.8 Å². The first-order valence-electron chi connectivity index (χ1n) is 8.49. The van der Waals surface area contributed by atoms with Gasteiger partial charge >= 0.3 is 0 Å². The maximum Gasteiger partial charge on any atom is 0.119 e. The number of nitrogens with zero attached hydrogens (tertiary/aromatic N) is 2. The Morgan fingerprint density at radius 1 is 1.23 bits per heavy atom. The van der Waals surface area contributed by atoms with E-state index in [2.05, 4.69) is 11.0 Å². The summed E-state index contributed by atoms with van der Waals surface area (Å²) < 4.78 is 11.7. The molecule has 0 bridgehead atoms. The molecule has 0 N–H and O–H groups in total. The number of ether oxygens (including phenoxy) is 2. The molecule has 2 aromatic rings. The van der Waals surface area contributed by atoms with Gasteiger partial charge in [-0.25, -0.2) is 0 Å². The third-order valence-corrected chi connectivity index (χ3v) is 5.24. The van der Waals surface area contributed by atoms with Crippen LogP contribution < -0.4 is 4.74 Å². The normalized spacial score (nSPS) is 18.9. The fourth-order valence-electron chi connectivity index (χ4n) is 2.91. The minimum Gasteiger partial charge on any atom is -0.489 e. The highest BCUT2D eigenvalue weighted by Gasteiger charge is 2.25. The summed E-state index contributed by atoms with van der Waals surface area (Å²) in [7, 11) is 0. The number of morpholine rings is 1. The number of rotatable bonds is 5. The second-order valence-electron chi connectivity index (χ2n) is 6.22. The Morgan fingerprint density at radius 3 is 2.58 bits per heavy atom. The zero-order chi connectivity index (χ0) is 18.5. The quantitative estimate of drug-likeness (QED) is 0.731. The van der Waals surface area contributed by atoms with E-state index in [4.69, 9.17) is 37.9 Å². The van der Waals surface area contributed by atoms with Crippen LogP contribution in [0.3, 0.4) is 0 Å². The lowest BCUT2D eigenvalue weighted by atomic mass is 10.1. The van der Waals surface area contributed by atoms with E-state index in [-0.39, 0.29) is 12.1 Å². The third kappa shape index (κ3) is 4.49. The van der Waals surface area contributed by atoms with Crippen LogP contribution in [0.4, 0.5) is 0 Å². The fraction of sp³-hybridized carbons (Fsp3) is 0.350. The summed E-state index contributed by atoms with van der Waals surface area (Å²) in [6.07, 6.45) is -0.0355. The molecule has 1 aliphatic heterocycles. The molecule has 6 heteroatoms. The van der Waals surface area contributed by atoms with E-state index in [1.807, 2.05) is 37.3 Å². The van der Waals surface area contributed by atoms with Crippen molar-refractivity contribution < 1.29 is 9.47 Å². The van der Waals surface area contributed by atoms with Crippen LogP contribution in [-0.4, -0.2) is 30.6 Å². The van der Waals surface area contributed by atoms with E-state index in [9.17, 15) is 0 Å². The highest BCUT2D eigenvalue weighted by Crippen LogP contribution is 2.28. The molecule has 0 saturated carbocycles. The Balaban J connectivity index is 1.63. The number of halogens is 2. The Hall–Kier alpha value is -1.77. The molecule has 0 radical (unpaired) electrons. The largest absolute Gasteiger partial charge is 0.489 e. The van der Waals surface area contributed by atoms with Gasteiger partial charge in [-0.15, -0.1) is 0 Å².